The Balaban J connectivity index is 1.76. The summed E-state index contributed by atoms with van der Waals surface area (Å²) in [5.74, 6) is -0.565. The lowest BCUT2D eigenvalue weighted by Gasteiger charge is -2.21. The average molecular weight is 372 g/mol. The molecule has 1 saturated heterocycles. The van der Waals surface area contributed by atoms with Gasteiger partial charge in [0.05, 0.1) is 20.1 Å². The summed E-state index contributed by atoms with van der Waals surface area (Å²) < 4.78 is 24.8. The van der Waals surface area contributed by atoms with E-state index in [9.17, 15) is 14.0 Å². The molecule has 0 spiro atoms. The van der Waals surface area contributed by atoms with Crippen molar-refractivity contribution in [1.82, 2.24) is 10.2 Å². The van der Waals surface area contributed by atoms with Crippen LogP contribution in [-0.4, -0.2) is 50.3 Å². The zero-order valence-corrected chi connectivity index (χ0v) is 15.0. The summed E-state index contributed by atoms with van der Waals surface area (Å²) in [4.78, 5) is 25.7. The fourth-order valence-corrected chi connectivity index (χ4v) is 2.85. The number of benzene rings is 2. The van der Waals surface area contributed by atoms with Crippen LogP contribution >= 0.6 is 0 Å². The number of amides is 2. The van der Waals surface area contributed by atoms with Gasteiger partial charge in [0.15, 0.2) is 11.6 Å². The van der Waals surface area contributed by atoms with E-state index >= 15 is 0 Å². The third-order valence-corrected chi connectivity index (χ3v) is 4.34. The van der Waals surface area contributed by atoms with Crippen molar-refractivity contribution in [3.63, 3.8) is 0 Å². The third kappa shape index (κ3) is 4.43. The maximum absolute atomic E-state index is 14.4. The summed E-state index contributed by atoms with van der Waals surface area (Å²) in [6.45, 7) is 1.13. The van der Waals surface area contributed by atoms with Crippen LogP contribution in [0, 0.1) is 5.82 Å². The Kier molecular flexibility index (Phi) is 6.03. The molecule has 0 saturated carbocycles. The molecular weight excluding hydrogens is 351 g/mol. The highest BCUT2D eigenvalue weighted by Crippen LogP contribution is 2.29. The molecule has 2 aromatic carbocycles. The molecule has 0 aliphatic carbocycles. The van der Waals surface area contributed by atoms with Gasteiger partial charge in [-0.2, -0.15) is 0 Å². The van der Waals surface area contributed by atoms with Gasteiger partial charge in [-0.3, -0.25) is 9.59 Å². The molecule has 0 bridgehead atoms. The molecule has 27 heavy (non-hydrogen) atoms. The molecule has 2 aromatic rings. The summed E-state index contributed by atoms with van der Waals surface area (Å²) in [5, 5.41) is 2.74. The number of hydrogen-bond acceptors (Lipinski definition) is 4. The molecule has 1 fully saturated rings. The van der Waals surface area contributed by atoms with Gasteiger partial charge in [0.1, 0.15) is 6.73 Å². The van der Waals surface area contributed by atoms with Crippen molar-refractivity contribution in [2.24, 2.45) is 0 Å². The maximum Gasteiger partial charge on any atom is 0.255 e. The third-order valence-electron chi connectivity index (χ3n) is 4.34. The summed E-state index contributed by atoms with van der Waals surface area (Å²) >= 11 is 0. The van der Waals surface area contributed by atoms with E-state index in [-0.39, 0.29) is 37.3 Å². The van der Waals surface area contributed by atoms with Crippen molar-refractivity contribution < 1.29 is 23.5 Å². The van der Waals surface area contributed by atoms with E-state index in [2.05, 4.69) is 5.32 Å². The molecule has 142 valence electrons. The lowest BCUT2D eigenvalue weighted by molar-refractivity contribution is -0.121. The smallest absolute Gasteiger partial charge is 0.255 e. The lowest BCUT2D eigenvalue weighted by atomic mass is 10.0. The maximum atomic E-state index is 14.4. The first-order valence-corrected chi connectivity index (χ1v) is 8.67. The molecule has 1 heterocycles. The number of rotatable bonds is 3. The van der Waals surface area contributed by atoms with Gasteiger partial charge in [-0.25, -0.2) is 4.39 Å². The fourth-order valence-electron chi connectivity index (χ4n) is 2.85. The summed E-state index contributed by atoms with van der Waals surface area (Å²) in [5.41, 5.74) is 1.52. The Bertz CT molecular complexity index is 823. The van der Waals surface area contributed by atoms with E-state index in [4.69, 9.17) is 9.47 Å². The van der Waals surface area contributed by atoms with Crippen LogP contribution in [0.2, 0.25) is 0 Å². The molecule has 0 atom stereocenters. The van der Waals surface area contributed by atoms with Crippen molar-refractivity contribution >= 4 is 11.8 Å². The molecule has 0 unspecified atom stereocenters. The quantitative estimate of drug-likeness (QED) is 0.899. The molecule has 1 aliphatic heterocycles. The van der Waals surface area contributed by atoms with Crippen LogP contribution in [-0.2, 0) is 9.53 Å². The standard InChI is InChI=1S/C20H21FN2O4/c1-26-17-4-2-3-16(19(17)21)14-5-7-15(8-6-14)20(25)23-11-10-22-18(24)9-12-27-13-23/h2-8H,9-13H2,1H3,(H,22,24). The first kappa shape index (κ1) is 18.8. The topological polar surface area (TPSA) is 67.9 Å². The number of nitrogens with one attached hydrogen (secondary N) is 1. The molecule has 0 aromatic heterocycles. The molecule has 3 rings (SSSR count). The number of carbonyl (C=O) groups is 2. The van der Waals surface area contributed by atoms with E-state index in [1.54, 1.807) is 42.5 Å². The van der Waals surface area contributed by atoms with Crippen LogP contribution in [0.15, 0.2) is 42.5 Å². The highest BCUT2D eigenvalue weighted by atomic mass is 19.1. The lowest BCUT2D eigenvalue weighted by Crippen LogP contribution is -2.38. The Labute approximate surface area is 156 Å². The Hall–Kier alpha value is -2.93. The number of nitrogens with zero attached hydrogens (tertiary/aromatic N) is 1. The van der Waals surface area contributed by atoms with Crippen molar-refractivity contribution in [1.29, 1.82) is 0 Å². The Morgan fingerprint density at radius 3 is 2.74 bits per heavy atom. The van der Waals surface area contributed by atoms with Crippen molar-refractivity contribution in [3.8, 4) is 16.9 Å². The highest BCUT2D eigenvalue weighted by molar-refractivity contribution is 5.94. The number of ether oxygens (including phenoxy) is 2. The highest BCUT2D eigenvalue weighted by Gasteiger charge is 2.18. The van der Waals surface area contributed by atoms with Crippen LogP contribution in [0.5, 0.6) is 5.75 Å². The van der Waals surface area contributed by atoms with Crippen LogP contribution in [0.3, 0.4) is 0 Å². The van der Waals surface area contributed by atoms with Crippen LogP contribution in [0.4, 0.5) is 4.39 Å². The van der Waals surface area contributed by atoms with Gasteiger partial charge in [-0.05, 0) is 23.8 Å². The van der Waals surface area contributed by atoms with Crippen molar-refractivity contribution in [2.45, 2.75) is 6.42 Å². The zero-order valence-electron chi connectivity index (χ0n) is 15.0. The van der Waals surface area contributed by atoms with Gasteiger partial charge in [-0.1, -0.05) is 24.3 Å². The predicted molar refractivity (Wildman–Crippen MR) is 97.9 cm³/mol. The Morgan fingerprint density at radius 1 is 1.22 bits per heavy atom. The fraction of sp³-hybridized carbons (Fsp3) is 0.300. The molecule has 7 heteroatoms. The van der Waals surface area contributed by atoms with E-state index in [0.29, 0.717) is 29.8 Å². The SMILES string of the molecule is COc1cccc(-c2ccc(C(=O)N3CCNC(=O)CCOC3)cc2)c1F. The monoisotopic (exact) mass is 372 g/mol. The summed E-state index contributed by atoms with van der Waals surface area (Å²) in [6, 6.07) is 11.6. The normalized spacial score (nSPS) is 15.3. The number of methoxy groups -OCH3 is 1. The molecular formula is C20H21FN2O4. The van der Waals surface area contributed by atoms with E-state index in [0.717, 1.165) is 0 Å². The molecule has 1 N–H and O–H groups in total. The molecule has 0 radical (unpaired) electrons. The molecule has 2 amide bonds. The molecule has 6 nitrogen and oxygen atoms in total. The number of carbonyl (C=O) groups excluding carboxylic acids is 2. The second kappa shape index (κ2) is 8.64. The van der Waals surface area contributed by atoms with Gasteiger partial charge in [0.2, 0.25) is 5.91 Å². The Morgan fingerprint density at radius 2 is 2.00 bits per heavy atom. The molecule has 1 aliphatic rings. The van der Waals surface area contributed by atoms with Crippen LogP contribution in [0.1, 0.15) is 16.8 Å². The predicted octanol–water partition coefficient (Wildman–Crippen LogP) is 2.44. The second-order valence-electron chi connectivity index (χ2n) is 6.11. The minimum atomic E-state index is -0.441. The number of hydrogen-bond donors (Lipinski definition) is 1. The summed E-state index contributed by atoms with van der Waals surface area (Å²) in [6.07, 6.45) is 0.281. The van der Waals surface area contributed by atoms with Crippen molar-refractivity contribution in [2.75, 3.05) is 33.5 Å². The van der Waals surface area contributed by atoms with E-state index in [1.807, 2.05) is 0 Å². The van der Waals surface area contributed by atoms with Gasteiger partial charge in [0, 0.05) is 24.2 Å². The van der Waals surface area contributed by atoms with Gasteiger partial charge in [0.25, 0.3) is 5.91 Å². The zero-order chi connectivity index (χ0) is 19.2. The number of halogens is 1. The van der Waals surface area contributed by atoms with Gasteiger partial charge in [-0.15, -0.1) is 0 Å². The second-order valence-corrected chi connectivity index (χ2v) is 6.11. The van der Waals surface area contributed by atoms with Crippen molar-refractivity contribution in [3.05, 3.63) is 53.8 Å². The van der Waals surface area contributed by atoms with Gasteiger partial charge >= 0.3 is 0 Å². The summed E-state index contributed by atoms with van der Waals surface area (Å²) in [7, 11) is 1.42. The largest absolute Gasteiger partial charge is 0.494 e. The van der Waals surface area contributed by atoms with Crippen LogP contribution in [0.25, 0.3) is 11.1 Å². The van der Waals surface area contributed by atoms with Crippen LogP contribution < -0.4 is 10.1 Å². The van der Waals surface area contributed by atoms with E-state index in [1.165, 1.54) is 12.0 Å². The minimum Gasteiger partial charge on any atom is -0.494 e. The first-order chi connectivity index (χ1) is 13.1. The minimum absolute atomic E-state index is 0.0889. The van der Waals surface area contributed by atoms with E-state index < -0.39 is 5.82 Å². The van der Waals surface area contributed by atoms with Gasteiger partial charge < -0.3 is 19.7 Å². The first-order valence-electron chi connectivity index (χ1n) is 8.67. The average Bonchev–Trinajstić information content (AvgIpc) is 2.80.